The van der Waals surface area contributed by atoms with Crippen LogP contribution in [0.1, 0.15) is 60.0 Å². The Morgan fingerprint density at radius 3 is 1.70 bits per heavy atom. The zero-order valence-corrected chi connectivity index (χ0v) is 66.1. The molecular weight excluding hydrogens is 1550 g/mol. The number of likely N-dealkylation sites (N-methyl/N-ethyl adjacent to an activating group) is 2. The van der Waals surface area contributed by atoms with Crippen LogP contribution < -0.4 is 81.0 Å². The number of phenols is 1. The third-order valence-corrected chi connectivity index (χ3v) is 20.4. The summed E-state index contributed by atoms with van der Waals surface area (Å²) in [6.07, 6.45) is 6.28. The van der Waals surface area contributed by atoms with E-state index in [9.17, 15) is 63.0 Å². The number of fused-ring (bicyclic) bond motifs is 1. The number of aliphatic hydroxyl groups excluding tert-OH is 1. The van der Waals surface area contributed by atoms with Crippen molar-refractivity contribution in [1.82, 2.24) is 103 Å². The second kappa shape index (κ2) is 44.5. The summed E-state index contributed by atoms with van der Waals surface area (Å²) < 4.78 is 1.53. The minimum atomic E-state index is -1.84. The van der Waals surface area contributed by atoms with Gasteiger partial charge < -0.3 is 116 Å². The van der Waals surface area contributed by atoms with E-state index in [1.54, 1.807) is 62.5 Å². The number of hydrogen-bond donors (Lipinski definition) is 20. The van der Waals surface area contributed by atoms with Crippen LogP contribution in [0.25, 0.3) is 10.8 Å². The second-order valence-electron chi connectivity index (χ2n) is 28.0. The predicted octanol–water partition coefficient (Wildman–Crippen LogP) is -5.41. The molecule has 4 heterocycles. The highest BCUT2D eigenvalue weighted by Gasteiger charge is 2.40. The number of H-pyrrole nitrogens is 2. The number of rotatable bonds is 22. The molecule has 1 aliphatic rings. The van der Waals surface area contributed by atoms with Crippen molar-refractivity contribution in [3.63, 3.8) is 0 Å². The number of nitrogens with zero attached hydrogens (tertiary/aromatic N) is 6. The lowest BCUT2D eigenvalue weighted by Crippen LogP contribution is -2.62. The molecule has 41 heteroatoms. The normalized spacial score (nSPS) is 22.2. The largest absolute Gasteiger partial charge is 0.508 e. The average molecular weight is 1650 g/mol. The average Bonchev–Trinajstić information content (AvgIpc) is 1.07. The SMILES string of the molecule is CC[C@@H]1NC(=O)[C@H](Cc2ccccc2)N(C)C(=O)CSC[C@@H](C(=O)NCC(N)=O)NC(=O)[C@H](Cc2cncn2C)NC(=O)[C@H](CN)NC(=O)[C@H](Cc2c[nH]cn2)NC(=O)[C@H](Cc2ccc(O)cc2)N(C)C(=O)[C@H](CCCNC(=N)N)NC(=O)[C@H](CO)NC(=O)CNC(=O)[C@H](Cc2c[nH]cn2)NC(=O)[C@H](Cc2cccc3ccccc23)NC1=O. The molecule has 8 rings (SSSR count). The van der Waals surface area contributed by atoms with Gasteiger partial charge >= 0.3 is 0 Å². The van der Waals surface area contributed by atoms with Crippen molar-refractivity contribution in [2.24, 2.45) is 24.2 Å². The number of aromatic amines is 2. The van der Waals surface area contributed by atoms with E-state index in [4.69, 9.17) is 22.6 Å². The molecule has 14 amide bonds. The Bertz CT molecular complexity index is 4650. The maximum Gasteiger partial charge on any atom is 0.245 e. The first-order chi connectivity index (χ1) is 56.5. The number of aryl methyl sites for hydroxylation is 1. The first kappa shape index (κ1) is 90.2. The van der Waals surface area contributed by atoms with E-state index in [2.05, 4.69) is 88.7 Å². The molecule has 630 valence electrons. The Morgan fingerprint density at radius 1 is 0.576 bits per heavy atom. The van der Waals surface area contributed by atoms with Crippen LogP contribution in [0.3, 0.4) is 0 Å². The van der Waals surface area contributed by atoms with Gasteiger partial charge in [-0.2, -0.15) is 0 Å². The minimum Gasteiger partial charge on any atom is -0.508 e. The van der Waals surface area contributed by atoms with Gasteiger partial charge in [-0.05, 0) is 58.9 Å². The van der Waals surface area contributed by atoms with E-state index in [0.717, 1.165) is 26.9 Å². The van der Waals surface area contributed by atoms with Gasteiger partial charge in [0.15, 0.2) is 5.96 Å². The number of carbonyl (C=O) groups excluding carboxylic acids is 14. The van der Waals surface area contributed by atoms with Crippen molar-refractivity contribution in [2.75, 3.05) is 58.4 Å². The molecule has 1 fully saturated rings. The number of benzene rings is 4. The molecule has 1 saturated heterocycles. The van der Waals surface area contributed by atoms with Gasteiger partial charge in [-0.25, -0.2) is 15.0 Å². The van der Waals surface area contributed by atoms with Gasteiger partial charge in [0.1, 0.15) is 72.2 Å². The van der Waals surface area contributed by atoms with Crippen molar-refractivity contribution in [1.29, 1.82) is 5.41 Å². The van der Waals surface area contributed by atoms with E-state index in [1.807, 2.05) is 24.3 Å². The third-order valence-electron chi connectivity index (χ3n) is 19.4. The van der Waals surface area contributed by atoms with Crippen molar-refractivity contribution in [2.45, 2.75) is 131 Å². The predicted molar refractivity (Wildman–Crippen MR) is 430 cm³/mol. The summed E-state index contributed by atoms with van der Waals surface area (Å²) in [6.45, 7) is -1.77. The molecule has 0 aliphatic carbocycles. The molecule has 3 aromatic heterocycles. The zero-order chi connectivity index (χ0) is 85.5. The quantitative estimate of drug-likeness (QED) is 0.0171. The number of hydrogen-bond acceptors (Lipinski definition) is 22. The Hall–Kier alpha value is -13.3. The van der Waals surface area contributed by atoms with Gasteiger partial charge in [0.05, 0.1) is 55.8 Å². The van der Waals surface area contributed by atoms with Crippen molar-refractivity contribution in [3.05, 3.63) is 168 Å². The highest BCUT2D eigenvalue weighted by Crippen LogP contribution is 2.22. The van der Waals surface area contributed by atoms with E-state index >= 15 is 14.4 Å². The maximum absolute atomic E-state index is 15.2. The van der Waals surface area contributed by atoms with Crippen LogP contribution in [0.5, 0.6) is 5.75 Å². The number of primary amides is 1. The number of carbonyl (C=O) groups is 14. The van der Waals surface area contributed by atoms with Crippen LogP contribution in [0.2, 0.25) is 0 Å². The van der Waals surface area contributed by atoms with E-state index < -0.39 is 193 Å². The lowest BCUT2D eigenvalue weighted by Gasteiger charge is -2.33. The Morgan fingerprint density at radius 2 is 1.11 bits per heavy atom. The molecule has 23 N–H and O–H groups in total. The van der Waals surface area contributed by atoms with Crippen LogP contribution in [-0.4, -0.2) is 263 Å². The first-order valence-corrected chi connectivity index (χ1v) is 38.9. The fourth-order valence-corrected chi connectivity index (χ4v) is 13.7. The van der Waals surface area contributed by atoms with Gasteiger partial charge in [0.2, 0.25) is 82.7 Å². The summed E-state index contributed by atoms with van der Waals surface area (Å²) in [4.78, 5) is 223. The fourth-order valence-electron chi connectivity index (χ4n) is 12.7. The fraction of sp³-hybridized carbons (Fsp3) is 0.403. The van der Waals surface area contributed by atoms with Gasteiger partial charge in [0.25, 0.3) is 0 Å². The molecule has 0 unspecified atom stereocenters. The smallest absolute Gasteiger partial charge is 0.245 e. The number of nitrogens with two attached hydrogens (primary N) is 3. The molecule has 118 heavy (non-hydrogen) atoms. The van der Waals surface area contributed by atoms with Crippen LogP contribution in [0.15, 0.2) is 135 Å². The van der Waals surface area contributed by atoms with Gasteiger partial charge in [-0.15, -0.1) is 11.8 Å². The summed E-state index contributed by atoms with van der Waals surface area (Å²) in [5, 5.41) is 61.2. The molecule has 40 nitrogen and oxygen atoms in total. The van der Waals surface area contributed by atoms with Gasteiger partial charge in [-0.1, -0.05) is 91.9 Å². The summed E-state index contributed by atoms with van der Waals surface area (Å²) in [6, 6.07) is 9.23. The third kappa shape index (κ3) is 26.9. The molecule has 1 aliphatic heterocycles. The van der Waals surface area contributed by atoms with Crippen LogP contribution >= 0.6 is 11.8 Å². The van der Waals surface area contributed by atoms with Crippen molar-refractivity contribution >= 4 is 111 Å². The number of guanidine groups is 1. The molecule has 0 spiro atoms. The van der Waals surface area contributed by atoms with Gasteiger partial charge in [0, 0.05) is 103 Å². The van der Waals surface area contributed by atoms with Crippen molar-refractivity contribution < 1.29 is 77.3 Å². The highest BCUT2D eigenvalue weighted by atomic mass is 32.2. The number of aromatic hydroxyl groups is 1. The summed E-state index contributed by atoms with van der Waals surface area (Å²) >= 11 is 0.825. The maximum atomic E-state index is 15.2. The number of thioether (sulfide) groups is 1. The molecular formula is C77H100N24O16S. The molecule has 4 aromatic carbocycles. The number of imidazole rings is 3. The summed E-state index contributed by atoms with van der Waals surface area (Å²) in [5.74, 6) is -15.0. The summed E-state index contributed by atoms with van der Waals surface area (Å²) in [5.41, 5.74) is 19.6. The molecule has 0 radical (unpaired) electrons. The standard InChI is InChI=1S/C77H100N24O16S/c1-5-52-68(109)93-54(27-46-17-11-16-45-15-9-10-18-51(45)46)69(110)94-55(28-47-32-82-40-88-47)66(107)87-36-64(105)90-59(37-102)73(114)92-53(19-12-24-85-77(80)81)76(117)101(4)62(26-44-20-22-50(103)23-21-44)75(116)96-56(29-48-33-83-41-89-48)70(111)97-58(31-78)72(113)95-57(30-49-34-84-42-99(49)2)71(112)98-60(67(108)86-35-63(79)104)38-118-39-65(106)100(3)61(74(115)91-52)25-43-13-7-6-8-14-43/h6-11,13-18,20-23,32-34,40-42,52-62,102-103H,5,12,19,24-31,35-39,78H2,1-4H3,(H2,79,104)(H,82,88)(H,83,89)(H,86,108)(H,87,107)(H,90,105)(H,91,115)(H,92,114)(H,93,109)(H,94,110)(H,95,113)(H,96,116)(H,97,111)(H,98,112)(H4,80,81,85)/t52-,53-,54-,55-,56-,57-,58-,59-,60-,61-,62-/m0/s1. The van der Waals surface area contributed by atoms with Crippen molar-refractivity contribution in [3.8, 4) is 5.75 Å². The highest BCUT2D eigenvalue weighted by molar-refractivity contribution is 8.00. The number of nitrogens with one attached hydrogen (secondary N) is 15. The Balaban J connectivity index is 1.18. The van der Waals surface area contributed by atoms with Gasteiger partial charge in [-0.3, -0.25) is 72.5 Å². The topological polar surface area (TPSA) is 607 Å². The van der Waals surface area contributed by atoms with Crippen LogP contribution in [-0.2, 0) is 113 Å². The molecule has 0 saturated carbocycles. The van der Waals surface area contributed by atoms with E-state index in [-0.39, 0.29) is 81.5 Å². The minimum absolute atomic E-state index is 0.00771. The lowest BCUT2D eigenvalue weighted by atomic mass is 9.97. The van der Waals surface area contributed by atoms with Crippen LogP contribution in [0.4, 0.5) is 0 Å². The number of phenolic OH excluding ortho intramolecular Hbond substituents is 1. The van der Waals surface area contributed by atoms with E-state index in [1.165, 1.54) is 80.5 Å². The molecule has 7 aromatic rings. The monoisotopic (exact) mass is 1650 g/mol. The number of aromatic nitrogens is 6. The second-order valence-corrected chi connectivity index (χ2v) is 29.0. The first-order valence-electron chi connectivity index (χ1n) is 37.8. The molecule has 11 atom stereocenters. The van der Waals surface area contributed by atoms with Crippen LogP contribution in [0, 0.1) is 5.41 Å². The Kier molecular flexibility index (Phi) is 34.1. The zero-order valence-electron chi connectivity index (χ0n) is 65.3. The molecule has 0 bridgehead atoms. The number of aliphatic hydroxyl groups is 1. The van der Waals surface area contributed by atoms with E-state index in [0.29, 0.717) is 27.8 Å². The number of amides is 14. The Labute approximate surface area is 681 Å². The summed E-state index contributed by atoms with van der Waals surface area (Å²) in [7, 11) is 4.16. The lowest BCUT2D eigenvalue weighted by molar-refractivity contribution is -0.143.